The average molecular weight is 333 g/mol. The lowest BCUT2D eigenvalue weighted by atomic mass is 9.75. The van der Waals surface area contributed by atoms with Gasteiger partial charge in [0.2, 0.25) is 0 Å². The number of benzene rings is 2. The van der Waals surface area contributed by atoms with Crippen LogP contribution in [-0.2, 0) is 6.18 Å². The first kappa shape index (κ1) is 16.2. The van der Waals surface area contributed by atoms with Crippen LogP contribution in [0.3, 0.4) is 0 Å². The number of nitrogens with zero attached hydrogens (tertiary/aromatic N) is 2. The smallest absolute Gasteiger partial charge is 0.423 e. The maximum absolute atomic E-state index is 12.9. The first-order chi connectivity index (χ1) is 11.3. The van der Waals surface area contributed by atoms with Crippen LogP contribution in [0.2, 0.25) is 0 Å². The number of alkyl halides is 3. The molecule has 0 saturated carbocycles. The number of nitrogen functional groups attached to an aromatic ring is 1. The third-order valence-electron chi connectivity index (χ3n) is 3.64. The Morgan fingerprint density at radius 1 is 1.00 bits per heavy atom. The van der Waals surface area contributed by atoms with Crippen molar-refractivity contribution in [2.75, 3.05) is 5.73 Å². The van der Waals surface area contributed by atoms with Crippen LogP contribution in [0.4, 0.5) is 18.9 Å². The molecule has 0 aliphatic carbocycles. The number of nitrogens with two attached hydrogens (primary N) is 1. The summed E-state index contributed by atoms with van der Waals surface area (Å²) in [5.74, 6) is 0. The quantitative estimate of drug-likeness (QED) is 0.619. The summed E-state index contributed by atoms with van der Waals surface area (Å²) >= 11 is 0. The van der Waals surface area contributed by atoms with E-state index in [1.807, 2.05) is 0 Å². The van der Waals surface area contributed by atoms with Crippen LogP contribution >= 0.6 is 0 Å². The predicted molar refractivity (Wildman–Crippen MR) is 84.2 cm³/mol. The molecule has 0 fully saturated rings. The van der Waals surface area contributed by atoms with Crippen LogP contribution in [-0.4, -0.2) is 27.4 Å². The van der Waals surface area contributed by atoms with Crippen molar-refractivity contribution in [3.8, 4) is 11.1 Å². The SMILES string of the molecule is Nc1cnnc2cc(-c3ccc(C(F)(F)F)c(B(O)O)c3)ccc12. The molecule has 2 aromatic carbocycles. The average Bonchev–Trinajstić information content (AvgIpc) is 2.53. The molecule has 0 spiro atoms. The summed E-state index contributed by atoms with van der Waals surface area (Å²) in [5, 5.41) is 26.9. The Bertz CT molecular complexity index is 916. The van der Waals surface area contributed by atoms with Gasteiger partial charge in [-0.05, 0) is 34.8 Å². The number of fused-ring (bicyclic) bond motifs is 1. The number of hydrogen-bond acceptors (Lipinski definition) is 5. The van der Waals surface area contributed by atoms with E-state index >= 15 is 0 Å². The van der Waals surface area contributed by atoms with E-state index in [1.165, 1.54) is 12.3 Å². The molecule has 5 nitrogen and oxygen atoms in total. The molecule has 24 heavy (non-hydrogen) atoms. The van der Waals surface area contributed by atoms with Crippen molar-refractivity contribution in [1.29, 1.82) is 0 Å². The topological polar surface area (TPSA) is 92.3 Å². The highest BCUT2D eigenvalue weighted by molar-refractivity contribution is 6.59. The second-order valence-electron chi connectivity index (χ2n) is 5.21. The Morgan fingerprint density at radius 3 is 2.33 bits per heavy atom. The van der Waals surface area contributed by atoms with Crippen LogP contribution in [0.5, 0.6) is 0 Å². The minimum atomic E-state index is -4.68. The Labute approximate surface area is 134 Å². The summed E-state index contributed by atoms with van der Waals surface area (Å²) in [7, 11) is -2.24. The second-order valence-corrected chi connectivity index (χ2v) is 5.21. The van der Waals surface area contributed by atoms with Gasteiger partial charge >= 0.3 is 13.3 Å². The largest absolute Gasteiger partial charge is 0.489 e. The number of aromatic nitrogens is 2. The summed E-state index contributed by atoms with van der Waals surface area (Å²) in [5.41, 5.74) is 5.94. The van der Waals surface area contributed by atoms with E-state index in [-0.39, 0.29) is 0 Å². The van der Waals surface area contributed by atoms with Gasteiger partial charge in [-0.25, -0.2) is 0 Å². The highest BCUT2D eigenvalue weighted by Crippen LogP contribution is 2.31. The summed E-state index contributed by atoms with van der Waals surface area (Å²) in [4.78, 5) is 0. The van der Waals surface area contributed by atoms with Crippen molar-refractivity contribution in [3.63, 3.8) is 0 Å². The Balaban J connectivity index is 2.15. The Hall–Kier alpha value is -2.65. The normalized spacial score (nSPS) is 11.7. The number of rotatable bonds is 2. The van der Waals surface area contributed by atoms with Crippen LogP contribution in [0, 0.1) is 0 Å². The third kappa shape index (κ3) is 2.91. The maximum atomic E-state index is 12.9. The molecule has 3 rings (SSSR count). The summed E-state index contributed by atoms with van der Waals surface area (Å²) in [6.45, 7) is 0. The van der Waals surface area contributed by atoms with Gasteiger partial charge < -0.3 is 15.8 Å². The van der Waals surface area contributed by atoms with E-state index in [1.54, 1.807) is 18.2 Å². The van der Waals surface area contributed by atoms with Crippen LogP contribution < -0.4 is 11.2 Å². The molecular formula is C15H11BF3N3O2. The number of hydrogen-bond donors (Lipinski definition) is 3. The van der Waals surface area contributed by atoms with E-state index in [2.05, 4.69) is 10.2 Å². The van der Waals surface area contributed by atoms with Crippen molar-refractivity contribution in [1.82, 2.24) is 10.2 Å². The fourth-order valence-electron chi connectivity index (χ4n) is 2.47. The lowest BCUT2D eigenvalue weighted by Gasteiger charge is -2.14. The van der Waals surface area contributed by atoms with Crippen LogP contribution in [0.25, 0.3) is 22.0 Å². The molecule has 1 heterocycles. The van der Waals surface area contributed by atoms with Gasteiger partial charge in [-0.15, -0.1) is 0 Å². The summed E-state index contributed by atoms with van der Waals surface area (Å²) in [6, 6.07) is 8.13. The number of halogens is 3. The number of anilines is 1. The molecule has 0 atom stereocenters. The van der Waals surface area contributed by atoms with E-state index in [9.17, 15) is 23.2 Å². The Kier molecular flexibility index (Phi) is 3.90. The zero-order chi connectivity index (χ0) is 17.5. The zero-order valence-corrected chi connectivity index (χ0v) is 12.1. The molecule has 0 bridgehead atoms. The standard InChI is InChI=1S/C15H11BF3N3O2/c17-15(18,19)11-4-2-8(5-12(11)16(23)24)9-1-3-10-13(20)7-21-22-14(10)6-9/h1-7,23-24H,(H2,20,22). The van der Waals surface area contributed by atoms with Gasteiger partial charge in [0.15, 0.2) is 0 Å². The molecule has 0 saturated heterocycles. The van der Waals surface area contributed by atoms with Gasteiger partial charge in [-0.2, -0.15) is 23.4 Å². The minimum absolute atomic E-state index is 0.386. The van der Waals surface area contributed by atoms with Crippen LogP contribution in [0.15, 0.2) is 42.6 Å². The van der Waals surface area contributed by atoms with Crippen molar-refractivity contribution in [2.24, 2.45) is 0 Å². The predicted octanol–water partition coefficient (Wildman–Crippen LogP) is 1.58. The molecule has 0 radical (unpaired) electrons. The molecule has 4 N–H and O–H groups in total. The van der Waals surface area contributed by atoms with Gasteiger partial charge in [0.05, 0.1) is 23.0 Å². The first-order valence-electron chi connectivity index (χ1n) is 6.86. The van der Waals surface area contributed by atoms with Gasteiger partial charge in [0, 0.05) is 5.39 Å². The zero-order valence-electron chi connectivity index (χ0n) is 12.1. The van der Waals surface area contributed by atoms with E-state index in [0.29, 0.717) is 27.7 Å². The summed E-state index contributed by atoms with van der Waals surface area (Å²) in [6.07, 6.45) is -3.28. The van der Waals surface area contributed by atoms with E-state index in [0.717, 1.165) is 12.1 Å². The van der Waals surface area contributed by atoms with Gasteiger partial charge in [0.25, 0.3) is 0 Å². The molecule has 122 valence electrons. The highest BCUT2D eigenvalue weighted by Gasteiger charge is 2.36. The van der Waals surface area contributed by atoms with E-state index < -0.39 is 24.3 Å². The van der Waals surface area contributed by atoms with Crippen molar-refractivity contribution in [3.05, 3.63) is 48.2 Å². The minimum Gasteiger partial charge on any atom is -0.423 e. The van der Waals surface area contributed by atoms with Crippen LogP contribution in [0.1, 0.15) is 5.56 Å². The molecular weight excluding hydrogens is 322 g/mol. The maximum Gasteiger partial charge on any atom is 0.489 e. The fourth-order valence-corrected chi connectivity index (χ4v) is 2.47. The van der Waals surface area contributed by atoms with Gasteiger partial charge in [-0.1, -0.05) is 18.2 Å². The molecule has 0 amide bonds. The van der Waals surface area contributed by atoms with Crippen molar-refractivity contribution < 1.29 is 23.2 Å². The molecule has 0 aliphatic rings. The molecule has 0 unspecified atom stereocenters. The van der Waals surface area contributed by atoms with E-state index in [4.69, 9.17) is 5.73 Å². The van der Waals surface area contributed by atoms with Gasteiger partial charge in [0.1, 0.15) is 0 Å². The molecule has 1 aromatic heterocycles. The van der Waals surface area contributed by atoms with Crippen molar-refractivity contribution >= 4 is 29.2 Å². The fraction of sp³-hybridized carbons (Fsp3) is 0.0667. The monoisotopic (exact) mass is 333 g/mol. The molecule has 0 aliphatic heterocycles. The lowest BCUT2D eigenvalue weighted by molar-refractivity contribution is -0.136. The Morgan fingerprint density at radius 2 is 1.67 bits per heavy atom. The van der Waals surface area contributed by atoms with Crippen molar-refractivity contribution in [2.45, 2.75) is 6.18 Å². The summed E-state index contributed by atoms with van der Waals surface area (Å²) < 4.78 is 38.8. The molecule has 3 aromatic rings. The highest BCUT2D eigenvalue weighted by atomic mass is 19.4. The third-order valence-corrected chi connectivity index (χ3v) is 3.64. The second kappa shape index (κ2) is 5.77. The van der Waals surface area contributed by atoms with Gasteiger partial charge in [-0.3, -0.25) is 0 Å². The molecule has 9 heteroatoms. The lowest BCUT2D eigenvalue weighted by Crippen LogP contribution is -2.36. The first-order valence-corrected chi connectivity index (χ1v) is 6.86.